The Morgan fingerprint density at radius 2 is 1.70 bits per heavy atom. The lowest BCUT2D eigenvalue weighted by Gasteiger charge is -2.21. The summed E-state index contributed by atoms with van der Waals surface area (Å²) in [6.07, 6.45) is 4.74. The third kappa shape index (κ3) is 4.03. The van der Waals surface area contributed by atoms with Crippen LogP contribution in [0, 0.1) is 11.8 Å². The minimum absolute atomic E-state index is 0.357. The molecule has 1 aromatic carbocycles. The van der Waals surface area contributed by atoms with Crippen LogP contribution in [0.4, 0.5) is 5.69 Å². The van der Waals surface area contributed by atoms with E-state index in [1.54, 1.807) is 24.3 Å². The van der Waals surface area contributed by atoms with Crippen molar-refractivity contribution >= 4 is 41.0 Å². The van der Waals surface area contributed by atoms with Crippen molar-refractivity contribution in [3.8, 4) is 0 Å². The highest BCUT2D eigenvalue weighted by Crippen LogP contribution is 2.36. The zero-order valence-electron chi connectivity index (χ0n) is 14.7. The Morgan fingerprint density at radius 1 is 1.15 bits per heavy atom. The number of fused-ring (bicyclic) bond motifs is 1. The number of benzene rings is 1. The van der Waals surface area contributed by atoms with Crippen molar-refractivity contribution in [2.24, 2.45) is 11.8 Å². The average molecular weight is 391 g/mol. The van der Waals surface area contributed by atoms with Crippen LogP contribution in [0.2, 0.25) is 5.02 Å². The van der Waals surface area contributed by atoms with E-state index in [1.165, 1.54) is 6.92 Å². The van der Waals surface area contributed by atoms with E-state index >= 15 is 0 Å². The summed E-state index contributed by atoms with van der Waals surface area (Å²) < 4.78 is 4.99. The number of imide groups is 1. The largest absolute Gasteiger partial charge is 0.454 e. The van der Waals surface area contributed by atoms with Crippen LogP contribution < -0.4 is 5.32 Å². The number of hydrogen-bond donors (Lipinski definition) is 1. The molecule has 2 aliphatic rings. The van der Waals surface area contributed by atoms with Gasteiger partial charge in [0.1, 0.15) is 6.04 Å². The number of amides is 3. The molecule has 7 nitrogen and oxygen atoms in total. The zero-order chi connectivity index (χ0) is 19.6. The Balaban J connectivity index is 1.54. The molecule has 0 spiro atoms. The molecule has 0 saturated carbocycles. The van der Waals surface area contributed by atoms with Crippen LogP contribution in [-0.4, -0.2) is 41.2 Å². The number of hydrogen-bond acceptors (Lipinski definition) is 5. The van der Waals surface area contributed by atoms with Gasteiger partial charge in [-0.2, -0.15) is 0 Å². The molecule has 3 rings (SSSR count). The van der Waals surface area contributed by atoms with Gasteiger partial charge in [-0.1, -0.05) is 23.8 Å². The highest BCUT2D eigenvalue weighted by molar-refractivity contribution is 6.30. The Kier molecular flexibility index (Phi) is 5.60. The van der Waals surface area contributed by atoms with Crippen LogP contribution in [-0.2, 0) is 23.9 Å². The summed E-state index contributed by atoms with van der Waals surface area (Å²) in [5.41, 5.74) is 0.509. The van der Waals surface area contributed by atoms with Crippen molar-refractivity contribution < 1.29 is 23.9 Å². The molecule has 3 atom stereocenters. The van der Waals surface area contributed by atoms with Gasteiger partial charge in [-0.3, -0.25) is 19.3 Å². The number of nitrogens with zero attached hydrogens (tertiary/aromatic N) is 1. The first-order valence-corrected chi connectivity index (χ1v) is 9.00. The minimum Gasteiger partial charge on any atom is -0.454 e. The summed E-state index contributed by atoms with van der Waals surface area (Å²) in [5.74, 6) is -2.87. The van der Waals surface area contributed by atoms with Crippen LogP contribution >= 0.6 is 11.6 Å². The van der Waals surface area contributed by atoms with E-state index < -0.39 is 36.4 Å². The van der Waals surface area contributed by atoms with Gasteiger partial charge < -0.3 is 10.1 Å². The second-order valence-electron chi connectivity index (χ2n) is 6.54. The van der Waals surface area contributed by atoms with Gasteiger partial charge in [-0.15, -0.1) is 0 Å². The molecule has 1 N–H and O–H groups in total. The van der Waals surface area contributed by atoms with Crippen molar-refractivity contribution in [1.29, 1.82) is 0 Å². The van der Waals surface area contributed by atoms with E-state index in [9.17, 15) is 19.2 Å². The number of allylic oxidation sites excluding steroid dienone is 2. The minimum atomic E-state index is -1.07. The first-order chi connectivity index (χ1) is 12.9. The fourth-order valence-corrected chi connectivity index (χ4v) is 3.43. The number of anilines is 1. The number of nitrogens with one attached hydrogen (secondary N) is 1. The van der Waals surface area contributed by atoms with Crippen molar-refractivity contribution in [2.75, 3.05) is 11.9 Å². The van der Waals surface area contributed by atoms with Gasteiger partial charge in [0.2, 0.25) is 11.8 Å². The molecular formula is C19H19ClN2O5. The molecule has 142 valence electrons. The number of esters is 1. The summed E-state index contributed by atoms with van der Waals surface area (Å²) in [6.45, 7) is 0.913. The van der Waals surface area contributed by atoms with E-state index in [-0.39, 0.29) is 11.8 Å². The monoisotopic (exact) mass is 390 g/mol. The lowest BCUT2D eigenvalue weighted by molar-refractivity contribution is -0.159. The maximum absolute atomic E-state index is 12.5. The second-order valence-corrected chi connectivity index (χ2v) is 6.98. The van der Waals surface area contributed by atoms with Gasteiger partial charge in [0.05, 0.1) is 11.8 Å². The number of likely N-dealkylation sites (tertiary alicyclic amines) is 1. The molecule has 1 heterocycles. The number of rotatable bonds is 5. The molecule has 1 saturated heterocycles. The molecule has 0 aromatic heterocycles. The third-order valence-electron chi connectivity index (χ3n) is 4.74. The molecule has 0 radical (unpaired) electrons. The predicted molar refractivity (Wildman–Crippen MR) is 97.7 cm³/mol. The number of halogens is 1. The van der Waals surface area contributed by atoms with Crippen LogP contribution in [0.3, 0.4) is 0 Å². The van der Waals surface area contributed by atoms with Gasteiger partial charge in [-0.05, 0) is 44.0 Å². The van der Waals surface area contributed by atoms with Crippen LogP contribution in [0.1, 0.15) is 19.8 Å². The Hall–Kier alpha value is -2.67. The van der Waals surface area contributed by atoms with Gasteiger partial charge >= 0.3 is 5.97 Å². The quantitative estimate of drug-likeness (QED) is 0.472. The number of ether oxygens (including phenoxy) is 1. The second kappa shape index (κ2) is 7.92. The lowest BCUT2D eigenvalue weighted by Crippen LogP contribution is -2.45. The number of carbonyl (C=O) groups excluding carboxylic acids is 4. The Morgan fingerprint density at radius 3 is 2.26 bits per heavy atom. The van der Waals surface area contributed by atoms with Crippen molar-refractivity contribution in [2.45, 2.75) is 25.8 Å². The van der Waals surface area contributed by atoms with Crippen molar-refractivity contribution in [3.05, 3.63) is 41.4 Å². The van der Waals surface area contributed by atoms with Crippen LogP contribution in [0.15, 0.2) is 36.4 Å². The molecule has 1 aliphatic carbocycles. The van der Waals surface area contributed by atoms with Gasteiger partial charge in [-0.25, -0.2) is 4.79 Å². The van der Waals surface area contributed by atoms with E-state index in [0.29, 0.717) is 23.6 Å². The topological polar surface area (TPSA) is 92.8 Å². The zero-order valence-corrected chi connectivity index (χ0v) is 15.4. The summed E-state index contributed by atoms with van der Waals surface area (Å²) in [7, 11) is 0. The molecule has 1 aromatic rings. The average Bonchev–Trinajstić information content (AvgIpc) is 2.92. The van der Waals surface area contributed by atoms with Crippen LogP contribution in [0.25, 0.3) is 0 Å². The van der Waals surface area contributed by atoms with E-state index in [2.05, 4.69) is 5.32 Å². The summed E-state index contributed by atoms with van der Waals surface area (Å²) in [4.78, 5) is 50.1. The van der Waals surface area contributed by atoms with Gasteiger partial charge in [0.25, 0.3) is 5.91 Å². The Labute approximate surface area is 161 Å². The normalized spacial score (nSPS) is 22.4. The maximum Gasteiger partial charge on any atom is 0.329 e. The smallest absolute Gasteiger partial charge is 0.329 e. The highest BCUT2D eigenvalue weighted by atomic mass is 35.5. The van der Waals surface area contributed by atoms with E-state index in [1.807, 2.05) is 12.2 Å². The summed E-state index contributed by atoms with van der Waals surface area (Å²) >= 11 is 5.77. The lowest BCUT2D eigenvalue weighted by atomic mass is 9.85. The Bertz CT molecular complexity index is 779. The molecule has 1 fully saturated rings. The summed E-state index contributed by atoms with van der Waals surface area (Å²) in [6, 6.07) is 5.39. The van der Waals surface area contributed by atoms with Crippen LogP contribution in [0.5, 0.6) is 0 Å². The molecule has 3 amide bonds. The molecule has 1 aliphatic heterocycles. The molecular weight excluding hydrogens is 372 g/mol. The molecule has 0 bridgehead atoms. The van der Waals surface area contributed by atoms with Gasteiger partial charge in [0, 0.05) is 10.7 Å². The van der Waals surface area contributed by atoms with E-state index in [4.69, 9.17) is 16.3 Å². The van der Waals surface area contributed by atoms with Gasteiger partial charge in [0.15, 0.2) is 6.61 Å². The maximum atomic E-state index is 12.5. The SMILES string of the molecule is C[C@@H](C(=O)OCC(=O)Nc1ccc(Cl)cc1)N1C(=O)[C@@H]2CC=CC[C@H]2C1=O. The highest BCUT2D eigenvalue weighted by Gasteiger charge is 2.50. The molecule has 27 heavy (non-hydrogen) atoms. The fraction of sp³-hybridized carbons (Fsp3) is 0.368. The first kappa shape index (κ1) is 19.1. The number of carbonyl (C=O) groups is 4. The fourth-order valence-electron chi connectivity index (χ4n) is 3.30. The van der Waals surface area contributed by atoms with Crippen molar-refractivity contribution in [1.82, 2.24) is 4.90 Å². The molecule has 8 heteroatoms. The standard InChI is InChI=1S/C19H19ClN2O5/c1-11(22-17(24)14-4-2-3-5-15(14)18(22)25)19(26)27-10-16(23)21-13-8-6-12(20)7-9-13/h2-3,6-9,11,14-15H,4-5,10H2,1H3,(H,21,23)/t11-,14+,15+/m0/s1. The summed E-state index contributed by atoms with van der Waals surface area (Å²) in [5, 5.41) is 3.09. The molecule has 0 unspecified atom stereocenters. The first-order valence-electron chi connectivity index (χ1n) is 8.62. The van der Waals surface area contributed by atoms with Crippen molar-refractivity contribution in [3.63, 3.8) is 0 Å². The third-order valence-corrected chi connectivity index (χ3v) is 5.00. The van der Waals surface area contributed by atoms with E-state index in [0.717, 1.165) is 4.90 Å². The predicted octanol–water partition coefficient (Wildman–Crippen LogP) is 2.16.